The van der Waals surface area contributed by atoms with E-state index in [1.54, 1.807) is 13.4 Å². The third kappa shape index (κ3) is 3.73. The van der Waals surface area contributed by atoms with E-state index in [-0.39, 0.29) is 0 Å². The van der Waals surface area contributed by atoms with Gasteiger partial charge in [-0.15, -0.1) is 0 Å². The molecular formula is C20H28N8. The Balaban J connectivity index is 1.52. The molecule has 0 bridgehead atoms. The van der Waals surface area contributed by atoms with Crippen molar-refractivity contribution in [2.45, 2.75) is 25.7 Å². The summed E-state index contributed by atoms with van der Waals surface area (Å²) in [4.78, 5) is 14.8. The molecule has 4 rings (SSSR count). The summed E-state index contributed by atoms with van der Waals surface area (Å²) in [6.45, 7) is 4.52. The molecule has 3 heterocycles. The Hall–Kier alpha value is -2.87. The highest BCUT2D eigenvalue weighted by atomic mass is 15.2. The molecule has 1 aromatic carbocycles. The van der Waals surface area contributed by atoms with Crippen molar-refractivity contribution in [3.63, 3.8) is 0 Å². The Labute approximate surface area is 164 Å². The first kappa shape index (κ1) is 18.5. The second-order valence-corrected chi connectivity index (χ2v) is 7.24. The number of benzene rings is 1. The maximum Gasteiger partial charge on any atom is 0.152 e. The van der Waals surface area contributed by atoms with Crippen molar-refractivity contribution in [2.24, 2.45) is 10.9 Å². The number of rotatable bonds is 6. The van der Waals surface area contributed by atoms with Crippen molar-refractivity contribution >= 4 is 33.6 Å². The number of likely N-dealkylation sites (tertiary alicyclic amines) is 1. The van der Waals surface area contributed by atoms with E-state index in [9.17, 15) is 0 Å². The number of aromatic nitrogens is 3. The van der Waals surface area contributed by atoms with Gasteiger partial charge in [-0.3, -0.25) is 0 Å². The lowest BCUT2D eigenvalue weighted by molar-refractivity contribution is 0.228. The molecule has 1 aliphatic rings. The predicted octanol–water partition coefficient (Wildman–Crippen LogP) is 2.24. The van der Waals surface area contributed by atoms with Crippen LogP contribution in [0.5, 0.6) is 0 Å². The fourth-order valence-corrected chi connectivity index (χ4v) is 3.99. The van der Waals surface area contributed by atoms with E-state index in [1.807, 2.05) is 12.1 Å². The van der Waals surface area contributed by atoms with Crippen LogP contribution in [0.4, 0.5) is 5.82 Å². The highest BCUT2D eigenvalue weighted by molar-refractivity contribution is 6.13. The molecule has 0 atom stereocenters. The van der Waals surface area contributed by atoms with Gasteiger partial charge < -0.3 is 26.4 Å². The first-order valence-corrected chi connectivity index (χ1v) is 9.99. The molecule has 28 heavy (non-hydrogen) atoms. The summed E-state index contributed by atoms with van der Waals surface area (Å²) in [7, 11) is 1.80. The fraction of sp³-hybridized carbons (Fsp3) is 0.450. The van der Waals surface area contributed by atoms with Crippen molar-refractivity contribution in [3.8, 4) is 0 Å². The molecular weight excluding hydrogens is 352 g/mol. The summed E-state index contributed by atoms with van der Waals surface area (Å²) in [6, 6.07) is 6.10. The molecule has 0 radical (unpaired) electrons. The smallest absolute Gasteiger partial charge is 0.152 e. The third-order valence-electron chi connectivity index (χ3n) is 5.42. The molecule has 148 valence electrons. The van der Waals surface area contributed by atoms with Gasteiger partial charge in [0.2, 0.25) is 0 Å². The maximum absolute atomic E-state index is 5.46. The summed E-state index contributed by atoms with van der Waals surface area (Å²) in [5.41, 5.74) is 2.74. The standard InChI is InChI=1S/C20H28N8/c1-22-18(27-21)14-6-7-15-16(12-14)26-20-17(15)19(24-13-25-20)23-8-5-11-28-9-3-2-4-10-28/h6-7,12-13H,2-5,8-11,21H2,1H3,(H,22,27)(H2,23,24,25,26). The molecule has 2 aromatic heterocycles. The lowest BCUT2D eigenvalue weighted by Crippen LogP contribution is -2.31. The van der Waals surface area contributed by atoms with Gasteiger partial charge in [-0.05, 0) is 45.0 Å². The van der Waals surface area contributed by atoms with Crippen molar-refractivity contribution in [2.75, 3.05) is 38.5 Å². The lowest BCUT2D eigenvalue weighted by Gasteiger charge is -2.26. The van der Waals surface area contributed by atoms with Gasteiger partial charge in [0.15, 0.2) is 5.84 Å². The Morgan fingerprint density at radius 2 is 2.11 bits per heavy atom. The number of piperidine rings is 1. The number of H-pyrrole nitrogens is 1. The SMILES string of the molecule is CN/C(=N\N)c1ccc2c(c1)[nH]c1ncnc(NCCCN3CCCCC3)c12. The topological polar surface area (TPSA) is 107 Å². The molecule has 8 nitrogen and oxygen atoms in total. The summed E-state index contributed by atoms with van der Waals surface area (Å²) < 4.78 is 0. The van der Waals surface area contributed by atoms with Crippen LogP contribution in [-0.4, -0.2) is 58.9 Å². The van der Waals surface area contributed by atoms with E-state index in [1.165, 1.54) is 32.4 Å². The van der Waals surface area contributed by atoms with Crippen LogP contribution in [0.15, 0.2) is 29.6 Å². The molecule has 5 N–H and O–H groups in total. The van der Waals surface area contributed by atoms with Crippen LogP contribution in [0.1, 0.15) is 31.2 Å². The van der Waals surface area contributed by atoms with Gasteiger partial charge in [0.1, 0.15) is 17.8 Å². The maximum atomic E-state index is 5.46. The van der Waals surface area contributed by atoms with Gasteiger partial charge in [0.05, 0.1) is 5.39 Å². The van der Waals surface area contributed by atoms with Crippen molar-refractivity contribution in [1.82, 2.24) is 25.2 Å². The van der Waals surface area contributed by atoms with Crippen LogP contribution in [0.25, 0.3) is 21.9 Å². The number of nitrogens with one attached hydrogen (secondary N) is 3. The lowest BCUT2D eigenvalue weighted by atomic mass is 10.1. The zero-order chi connectivity index (χ0) is 19.3. The van der Waals surface area contributed by atoms with Crippen LogP contribution < -0.4 is 16.5 Å². The van der Waals surface area contributed by atoms with E-state index in [0.29, 0.717) is 5.84 Å². The molecule has 0 saturated carbocycles. The summed E-state index contributed by atoms with van der Waals surface area (Å²) in [6.07, 6.45) is 6.76. The summed E-state index contributed by atoms with van der Waals surface area (Å²) in [5, 5.41) is 12.4. The number of hydrogen-bond acceptors (Lipinski definition) is 6. The quantitative estimate of drug-likeness (QED) is 0.172. The molecule has 1 aliphatic heterocycles. The Morgan fingerprint density at radius 1 is 1.25 bits per heavy atom. The number of amidine groups is 1. The van der Waals surface area contributed by atoms with Crippen LogP contribution in [0.3, 0.4) is 0 Å². The fourth-order valence-electron chi connectivity index (χ4n) is 3.99. The van der Waals surface area contributed by atoms with E-state index < -0.39 is 0 Å². The number of nitrogens with zero attached hydrogens (tertiary/aromatic N) is 4. The summed E-state index contributed by atoms with van der Waals surface area (Å²) in [5.74, 6) is 6.98. The van der Waals surface area contributed by atoms with E-state index >= 15 is 0 Å². The van der Waals surface area contributed by atoms with Gasteiger partial charge in [0, 0.05) is 30.1 Å². The third-order valence-corrected chi connectivity index (χ3v) is 5.42. The van der Waals surface area contributed by atoms with Crippen LogP contribution >= 0.6 is 0 Å². The molecule has 0 amide bonds. The number of fused-ring (bicyclic) bond motifs is 3. The Morgan fingerprint density at radius 3 is 2.89 bits per heavy atom. The minimum atomic E-state index is 0.641. The minimum Gasteiger partial charge on any atom is -0.371 e. The van der Waals surface area contributed by atoms with Crippen molar-refractivity contribution < 1.29 is 0 Å². The molecule has 0 spiro atoms. The van der Waals surface area contributed by atoms with Crippen molar-refractivity contribution in [3.05, 3.63) is 30.1 Å². The number of hydrogen-bond donors (Lipinski definition) is 4. The monoisotopic (exact) mass is 380 g/mol. The summed E-state index contributed by atoms with van der Waals surface area (Å²) >= 11 is 0. The first-order valence-electron chi connectivity index (χ1n) is 9.99. The Bertz CT molecular complexity index is 971. The van der Waals surface area contributed by atoms with Gasteiger partial charge in [-0.2, -0.15) is 5.10 Å². The molecule has 0 unspecified atom stereocenters. The zero-order valence-electron chi connectivity index (χ0n) is 16.3. The van der Waals surface area contributed by atoms with Crippen LogP contribution in [0, 0.1) is 0 Å². The Kier molecular flexibility index (Phi) is 5.57. The first-order chi connectivity index (χ1) is 13.8. The largest absolute Gasteiger partial charge is 0.371 e. The van der Waals surface area contributed by atoms with Gasteiger partial charge in [0.25, 0.3) is 0 Å². The number of aromatic amines is 1. The minimum absolute atomic E-state index is 0.641. The van der Waals surface area contributed by atoms with Crippen LogP contribution in [-0.2, 0) is 0 Å². The predicted molar refractivity (Wildman–Crippen MR) is 115 cm³/mol. The normalized spacial score (nSPS) is 16.0. The average molecular weight is 381 g/mol. The average Bonchev–Trinajstić information content (AvgIpc) is 3.11. The number of hydrazone groups is 1. The van der Waals surface area contributed by atoms with E-state index in [4.69, 9.17) is 5.84 Å². The van der Waals surface area contributed by atoms with Gasteiger partial charge >= 0.3 is 0 Å². The molecule has 1 fully saturated rings. The number of nitrogens with two attached hydrogens (primary N) is 1. The molecule has 8 heteroatoms. The van der Waals surface area contributed by atoms with E-state index in [2.05, 4.69) is 41.7 Å². The highest BCUT2D eigenvalue weighted by Crippen LogP contribution is 2.29. The zero-order valence-corrected chi connectivity index (χ0v) is 16.3. The molecule has 1 saturated heterocycles. The second kappa shape index (κ2) is 8.43. The van der Waals surface area contributed by atoms with Crippen molar-refractivity contribution in [1.29, 1.82) is 0 Å². The second-order valence-electron chi connectivity index (χ2n) is 7.24. The number of anilines is 1. The van der Waals surface area contributed by atoms with Gasteiger partial charge in [-0.1, -0.05) is 18.6 Å². The molecule has 0 aliphatic carbocycles. The van der Waals surface area contributed by atoms with Gasteiger partial charge in [-0.25, -0.2) is 9.97 Å². The van der Waals surface area contributed by atoms with Crippen LogP contribution in [0.2, 0.25) is 0 Å². The highest BCUT2D eigenvalue weighted by Gasteiger charge is 2.13. The molecule has 3 aromatic rings. The van der Waals surface area contributed by atoms with E-state index in [0.717, 1.165) is 52.8 Å².